The minimum absolute atomic E-state index is 0.00716. The molecule has 0 N–H and O–H groups in total. The van der Waals surface area contributed by atoms with Crippen LogP contribution in [-0.2, 0) is 33.7 Å². The first-order valence-electron chi connectivity index (χ1n) is 9.10. The topological polar surface area (TPSA) is 60.7 Å². The van der Waals surface area contributed by atoms with Gasteiger partial charge < -0.3 is 9.30 Å². The largest absolute Gasteiger partial charge is 0.465 e. The van der Waals surface area contributed by atoms with Crippen LogP contribution in [0.3, 0.4) is 0 Å². The predicted molar refractivity (Wildman–Crippen MR) is 112 cm³/mol. The molecule has 0 atom stereocenters. The van der Waals surface area contributed by atoms with E-state index in [0.717, 1.165) is 22.2 Å². The number of thiazole rings is 1. The molecule has 0 fully saturated rings. The van der Waals surface area contributed by atoms with Crippen molar-refractivity contribution < 1.29 is 14.3 Å². The van der Waals surface area contributed by atoms with Crippen molar-refractivity contribution in [1.82, 2.24) is 4.57 Å². The van der Waals surface area contributed by atoms with Crippen molar-refractivity contribution in [3.8, 4) is 0 Å². The maximum Gasteiger partial charge on any atom is 0.326 e. The fourth-order valence-electron chi connectivity index (χ4n) is 2.83. The van der Waals surface area contributed by atoms with Gasteiger partial charge in [-0.1, -0.05) is 54.1 Å². The molecule has 5 nitrogen and oxygen atoms in total. The Morgan fingerprint density at radius 1 is 1.11 bits per heavy atom. The molecule has 0 bridgehead atoms. The van der Waals surface area contributed by atoms with E-state index in [0.29, 0.717) is 16.4 Å². The summed E-state index contributed by atoms with van der Waals surface area (Å²) in [4.78, 5) is 29.3. The van der Waals surface area contributed by atoms with Gasteiger partial charge in [0, 0.05) is 5.02 Å². The Balaban J connectivity index is 1.94. The molecule has 0 aliphatic heterocycles. The molecule has 146 valence electrons. The molecule has 0 saturated heterocycles. The zero-order chi connectivity index (χ0) is 20.1. The van der Waals surface area contributed by atoms with E-state index in [-0.39, 0.29) is 24.8 Å². The first-order chi connectivity index (χ1) is 13.5. The molecule has 3 aromatic rings. The maximum atomic E-state index is 12.5. The number of carbonyl (C=O) groups excluding carboxylic acids is 2. The predicted octanol–water partition coefficient (Wildman–Crippen LogP) is 4.15. The van der Waals surface area contributed by atoms with Crippen molar-refractivity contribution in [1.29, 1.82) is 0 Å². The van der Waals surface area contributed by atoms with Gasteiger partial charge in [0.15, 0.2) is 4.80 Å². The number of benzene rings is 2. The van der Waals surface area contributed by atoms with E-state index in [1.54, 1.807) is 23.6 Å². The van der Waals surface area contributed by atoms with E-state index < -0.39 is 0 Å². The van der Waals surface area contributed by atoms with Crippen LogP contribution in [0.1, 0.15) is 25.0 Å². The standard InChI is InChI=1S/C21H21ClN2O3S/c1-3-14-5-7-15(8-6-14)11-19(25)23-21-24(13-20(26)27-4-2)17-10-9-16(22)12-18(17)28-21/h5-10,12H,3-4,11,13H2,1-2H3. The fourth-order valence-corrected chi connectivity index (χ4v) is 4.16. The zero-order valence-electron chi connectivity index (χ0n) is 15.8. The smallest absolute Gasteiger partial charge is 0.326 e. The van der Waals surface area contributed by atoms with Crippen molar-refractivity contribution in [3.63, 3.8) is 0 Å². The minimum Gasteiger partial charge on any atom is -0.465 e. The highest BCUT2D eigenvalue weighted by atomic mass is 35.5. The number of hydrogen-bond acceptors (Lipinski definition) is 4. The maximum absolute atomic E-state index is 12.5. The summed E-state index contributed by atoms with van der Waals surface area (Å²) in [7, 11) is 0. The van der Waals surface area contributed by atoms with Crippen LogP contribution >= 0.6 is 22.9 Å². The summed E-state index contributed by atoms with van der Waals surface area (Å²) < 4.78 is 7.62. The highest BCUT2D eigenvalue weighted by molar-refractivity contribution is 7.16. The van der Waals surface area contributed by atoms with E-state index in [9.17, 15) is 9.59 Å². The Hall–Kier alpha value is -2.44. The number of hydrogen-bond donors (Lipinski definition) is 0. The number of halogens is 1. The second-order valence-electron chi connectivity index (χ2n) is 6.24. The number of rotatable bonds is 6. The molecule has 0 aliphatic rings. The van der Waals surface area contributed by atoms with Gasteiger partial charge in [-0.05, 0) is 42.7 Å². The number of nitrogens with zero attached hydrogens (tertiary/aromatic N) is 2. The highest BCUT2D eigenvalue weighted by Gasteiger charge is 2.13. The van der Waals surface area contributed by atoms with Crippen LogP contribution in [0.15, 0.2) is 47.5 Å². The summed E-state index contributed by atoms with van der Waals surface area (Å²) >= 11 is 7.41. The monoisotopic (exact) mass is 416 g/mol. The van der Waals surface area contributed by atoms with Crippen molar-refractivity contribution in [2.75, 3.05) is 6.61 Å². The summed E-state index contributed by atoms with van der Waals surface area (Å²) in [5, 5.41) is 0.589. The number of carbonyl (C=O) groups is 2. The Bertz CT molecular complexity index is 1070. The van der Waals surface area contributed by atoms with Gasteiger partial charge >= 0.3 is 5.97 Å². The van der Waals surface area contributed by atoms with Crippen molar-refractivity contribution in [2.24, 2.45) is 4.99 Å². The van der Waals surface area contributed by atoms with Gasteiger partial charge in [0.2, 0.25) is 0 Å². The number of esters is 1. The van der Waals surface area contributed by atoms with Crippen LogP contribution in [0, 0.1) is 0 Å². The third-order valence-electron chi connectivity index (χ3n) is 4.24. The van der Waals surface area contributed by atoms with Crippen LogP contribution in [0.2, 0.25) is 5.02 Å². The molecule has 28 heavy (non-hydrogen) atoms. The number of aromatic nitrogens is 1. The third kappa shape index (κ3) is 4.88. The average molecular weight is 417 g/mol. The molecule has 0 radical (unpaired) electrons. The van der Waals surface area contributed by atoms with Crippen molar-refractivity contribution in [3.05, 3.63) is 63.4 Å². The molecule has 1 aromatic heterocycles. The summed E-state index contributed by atoms with van der Waals surface area (Å²) in [6, 6.07) is 13.3. The van der Waals surface area contributed by atoms with Crippen LogP contribution in [0.5, 0.6) is 0 Å². The summed E-state index contributed by atoms with van der Waals surface area (Å²) in [6.07, 6.45) is 1.16. The Morgan fingerprint density at radius 2 is 1.82 bits per heavy atom. The molecule has 1 amide bonds. The van der Waals surface area contributed by atoms with Crippen LogP contribution < -0.4 is 4.80 Å². The molecule has 1 heterocycles. The lowest BCUT2D eigenvalue weighted by Gasteiger charge is -2.05. The van der Waals surface area contributed by atoms with Gasteiger partial charge in [-0.3, -0.25) is 9.59 Å². The van der Waals surface area contributed by atoms with Gasteiger partial charge in [0.05, 0.1) is 23.2 Å². The van der Waals surface area contributed by atoms with Crippen molar-refractivity contribution in [2.45, 2.75) is 33.2 Å². The molecular weight excluding hydrogens is 396 g/mol. The second-order valence-corrected chi connectivity index (χ2v) is 7.69. The molecule has 0 unspecified atom stereocenters. The Kier molecular flexibility index (Phi) is 6.65. The summed E-state index contributed by atoms with van der Waals surface area (Å²) in [5.74, 6) is -0.638. The molecule has 0 aliphatic carbocycles. The molecular formula is C21H21ClN2O3S. The van der Waals surface area contributed by atoms with E-state index in [2.05, 4.69) is 11.9 Å². The van der Waals surface area contributed by atoms with Gasteiger partial charge in [-0.2, -0.15) is 4.99 Å². The van der Waals surface area contributed by atoms with Gasteiger partial charge in [0.1, 0.15) is 6.54 Å². The van der Waals surface area contributed by atoms with E-state index >= 15 is 0 Å². The van der Waals surface area contributed by atoms with Crippen molar-refractivity contribution >= 4 is 45.0 Å². The van der Waals surface area contributed by atoms with Gasteiger partial charge in [0.25, 0.3) is 5.91 Å². The Labute approximate surface area is 172 Å². The Morgan fingerprint density at radius 3 is 2.50 bits per heavy atom. The first-order valence-corrected chi connectivity index (χ1v) is 10.3. The summed E-state index contributed by atoms with van der Waals surface area (Å²) in [6.45, 7) is 4.14. The lowest BCUT2D eigenvalue weighted by atomic mass is 10.1. The van der Waals surface area contributed by atoms with Gasteiger partial charge in [-0.15, -0.1) is 0 Å². The normalized spacial score (nSPS) is 11.8. The third-order valence-corrected chi connectivity index (χ3v) is 5.52. The van der Waals surface area contributed by atoms with Crippen LogP contribution in [0.25, 0.3) is 10.2 Å². The molecule has 3 rings (SSSR count). The quantitative estimate of drug-likeness (QED) is 0.567. The van der Waals surface area contributed by atoms with Crippen LogP contribution in [0.4, 0.5) is 0 Å². The number of aryl methyl sites for hydroxylation is 1. The zero-order valence-corrected chi connectivity index (χ0v) is 17.3. The van der Waals surface area contributed by atoms with Gasteiger partial charge in [-0.25, -0.2) is 0 Å². The molecule has 7 heteroatoms. The highest BCUT2D eigenvalue weighted by Crippen LogP contribution is 2.22. The van der Waals surface area contributed by atoms with E-state index in [4.69, 9.17) is 16.3 Å². The first kappa shape index (κ1) is 20.3. The lowest BCUT2D eigenvalue weighted by Crippen LogP contribution is -2.23. The van der Waals surface area contributed by atoms with Crippen LogP contribution in [-0.4, -0.2) is 23.1 Å². The number of amides is 1. The number of ether oxygens (including phenoxy) is 1. The minimum atomic E-state index is -0.374. The fraction of sp³-hybridized carbons (Fsp3) is 0.286. The summed E-state index contributed by atoms with van der Waals surface area (Å²) in [5.41, 5.74) is 2.93. The SMILES string of the molecule is CCOC(=O)Cn1c(=NC(=O)Cc2ccc(CC)cc2)sc2cc(Cl)ccc21. The number of fused-ring (bicyclic) bond motifs is 1. The van der Waals surface area contributed by atoms with E-state index in [1.807, 2.05) is 30.3 Å². The lowest BCUT2D eigenvalue weighted by molar-refractivity contribution is -0.143. The molecule has 2 aromatic carbocycles. The second kappa shape index (κ2) is 9.17. The average Bonchev–Trinajstić information content (AvgIpc) is 2.98. The molecule has 0 spiro atoms. The van der Waals surface area contributed by atoms with E-state index in [1.165, 1.54) is 16.9 Å². The molecule has 0 saturated carbocycles.